The van der Waals surface area contributed by atoms with Gasteiger partial charge in [-0.15, -0.1) is 0 Å². The van der Waals surface area contributed by atoms with E-state index in [9.17, 15) is 9.90 Å². The van der Waals surface area contributed by atoms with Gasteiger partial charge < -0.3 is 20.1 Å². The van der Waals surface area contributed by atoms with Crippen LogP contribution in [0, 0.1) is 0 Å². The number of rotatable bonds is 7. The fourth-order valence-corrected chi connectivity index (χ4v) is 3.12. The Morgan fingerprint density at radius 1 is 1.04 bits per heavy atom. The monoisotopic (exact) mass is 364 g/mol. The number of hydrogen-bond acceptors (Lipinski definition) is 4. The number of anilines is 1. The molecule has 0 aromatic heterocycles. The number of aromatic carboxylic acids is 1. The fraction of sp³-hybridized carbons (Fsp3) is 0.227. The molecule has 2 N–H and O–H groups in total. The summed E-state index contributed by atoms with van der Waals surface area (Å²) in [6, 6.07) is 17.4. The van der Waals surface area contributed by atoms with E-state index in [0.29, 0.717) is 6.54 Å². The lowest BCUT2D eigenvalue weighted by Crippen LogP contribution is -2.14. The highest BCUT2D eigenvalue weighted by Gasteiger charge is 2.11. The summed E-state index contributed by atoms with van der Waals surface area (Å²) < 4.78 is 5.51. The van der Waals surface area contributed by atoms with Crippen LogP contribution in [0.5, 0.6) is 5.75 Å². The minimum Gasteiger partial charge on any atom is -0.496 e. The summed E-state index contributed by atoms with van der Waals surface area (Å²) in [6.45, 7) is 1.36. The lowest BCUT2D eigenvalue weighted by atomic mass is 10.0. The molecule has 0 saturated carbocycles. The molecule has 0 unspecified atom stereocenters. The van der Waals surface area contributed by atoms with Gasteiger partial charge >= 0.3 is 5.97 Å². The number of carbonyl (C=O) groups is 1. The van der Waals surface area contributed by atoms with Crippen molar-refractivity contribution in [3.63, 3.8) is 0 Å². The zero-order valence-electron chi connectivity index (χ0n) is 15.8. The Balaban J connectivity index is 1.79. The van der Waals surface area contributed by atoms with Crippen LogP contribution in [0.3, 0.4) is 0 Å². The second-order valence-corrected chi connectivity index (χ2v) is 6.65. The maximum Gasteiger partial charge on any atom is 0.335 e. The summed E-state index contributed by atoms with van der Waals surface area (Å²) >= 11 is 0. The second-order valence-electron chi connectivity index (χ2n) is 6.65. The number of carboxylic acids is 1. The van der Waals surface area contributed by atoms with Crippen LogP contribution in [0.15, 0.2) is 54.6 Å². The number of ether oxygens (including phenoxy) is 1. The van der Waals surface area contributed by atoms with Gasteiger partial charge in [0.2, 0.25) is 0 Å². The number of hydrogen-bond donors (Lipinski definition) is 2. The number of nitrogens with zero attached hydrogens (tertiary/aromatic N) is 1. The van der Waals surface area contributed by atoms with Crippen molar-refractivity contribution in [2.24, 2.45) is 0 Å². The average molecular weight is 364 g/mol. The first-order chi connectivity index (χ1) is 13.0. The highest BCUT2D eigenvalue weighted by Crippen LogP contribution is 2.29. The molecule has 140 valence electrons. The van der Waals surface area contributed by atoms with Gasteiger partial charge in [0.25, 0.3) is 0 Å². The lowest BCUT2D eigenvalue weighted by Gasteiger charge is -2.15. The third-order valence-electron chi connectivity index (χ3n) is 4.64. The zero-order valence-corrected chi connectivity index (χ0v) is 15.8. The molecule has 0 atom stereocenters. The molecule has 0 aliphatic heterocycles. The van der Waals surface area contributed by atoms with Crippen molar-refractivity contribution in [2.75, 3.05) is 26.1 Å². The Hall–Kier alpha value is -3.05. The van der Waals surface area contributed by atoms with Crippen molar-refractivity contribution < 1.29 is 14.6 Å². The predicted molar refractivity (Wildman–Crippen MR) is 109 cm³/mol. The molecular formula is C22H24N2O3. The Labute approximate surface area is 159 Å². The lowest BCUT2D eigenvalue weighted by molar-refractivity contribution is 0.0697. The molecule has 3 aromatic rings. The van der Waals surface area contributed by atoms with Crippen LogP contribution in [-0.2, 0) is 13.1 Å². The molecule has 0 radical (unpaired) electrons. The number of nitrogens with one attached hydrogen (secondary N) is 1. The first kappa shape index (κ1) is 18.7. The Morgan fingerprint density at radius 2 is 1.78 bits per heavy atom. The summed E-state index contributed by atoms with van der Waals surface area (Å²) in [4.78, 5) is 13.3. The molecule has 5 nitrogen and oxygen atoms in total. The number of carboxylic acid groups (broad SMARTS) is 1. The van der Waals surface area contributed by atoms with Gasteiger partial charge in [0, 0.05) is 38.4 Å². The van der Waals surface area contributed by atoms with Gasteiger partial charge in [-0.05, 0) is 46.7 Å². The van der Waals surface area contributed by atoms with Gasteiger partial charge in [-0.3, -0.25) is 0 Å². The van der Waals surface area contributed by atoms with Gasteiger partial charge in [-0.25, -0.2) is 4.79 Å². The molecule has 3 aromatic carbocycles. The summed E-state index contributed by atoms with van der Waals surface area (Å²) in [5, 5.41) is 14.5. The maximum absolute atomic E-state index is 11.2. The van der Waals surface area contributed by atoms with E-state index in [0.717, 1.165) is 28.6 Å². The van der Waals surface area contributed by atoms with Crippen LogP contribution in [0.2, 0.25) is 0 Å². The highest BCUT2D eigenvalue weighted by molar-refractivity contribution is 5.96. The first-order valence-electron chi connectivity index (χ1n) is 8.79. The Bertz CT molecular complexity index is 950. The van der Waals surface area contributed by atoms with Crippen molar-refractivity contribution in [1.29, 1.82) is 0 Å². The van der Waals surface area contributed by atoms with E-state index < -0.39 is 5.97 Å². The van der Waals surface area contributed by atoms with Crippen molar-refractivity contribution >= 4 is 22.4 Å². The quantitative estimate of drug-likeness (QED) is 0.666. The van der Waals surface area contributed by atoms with Gasteiger partial charge in [0.15, 0.2) is 0 Å². The van der Waals surface area contributed by atoms with Crippen LogP contribution in [0.4, 0.5) is 5.69 Å². The topological polar surface area (TPSA) is 61.8 Å². The minimum absolute atomic E-state index is 0.285. The van der Waals surface area contributed by atoms with Crippen LogP contribution in [-0.4, -0.2) is 32.3 Å². The highest BCUT2D eigenvalue weighted by atomic mass is 16.5. The van der Waals surface area contributed by atoms with Crippen molar-refractivity contribution in [3.05, 3.63) is 71.3 Å². The van der Waals surface area contributed by atoms with E-state index in [-0.39, 0.29) is 5.56 Å². The maximum atomic E-state index is 11.2. The summed E-state index contributed by atoms with van der Waals surface area (Å²) in [6.07, 6.45) is 0. The molecule has 0 aliphatic rings. The molecule has 0 aliphatic carbocycles. The molecule has 0 fully saturated rings. The molecule has 0 bridgehead atoms. The molecule has 0 amide bonds. The second kappa shape index (κ2) is 8.10. The van der Waals surface area contributed by atoms with E-state index in [2.05, 4.69) is 34.5 Å². The zero-order chi connectivity index (χ0) is 19.4. The summed E-state index contributed by atoms with van der Waals surface area (Å²) in [7, 11) is 5.70. The summed E-state index contributed by atoms with van der Waals surface area (Å²) in [5.41, 5.74) is 3.68. The van der Waals surface area contributed by atoms with Gasteiger partial charge in [-0.2, -0.15) is 0 Å². The third-order valence-corrected chi connectivity index (χ3v) is 4.64. The molecule has 3 rings (SSSR count). The fourth-order valence-electron chi connectivity index (χ4n) is 3.12. The van der Waals surface area contributed by atoms with Crippen molar-refractivity contribution in [1.82, 2.24) is 5.32 Å². The largest absolute Gasteiger partial charge is 0.496 e. The van der Waals surface area contributed by atoms with Crippen LogP contribution < -0.4 is 15.0 Å². The van der Waals surface area contributed by atoms with E-state index in [1.165, 1.54) is 11.3 Å². The Kier molecular flexibility index (Phi) is 5.62. The number of benzene rings is 3. The van der Waals surface area contributed by atoms with Crippen molar-refractivity contribution in [2.45, 2.75) is 13.1 Å². The standard InChI is InChI=1S/C22H24N2O3/c1-24(2)18-8-4-15(5-9-18)13-23-14-20-19-10-6-17(22(25)26)12-16(19)7-11-21(20)27-3/h4-12,23H,13-14H2,1-3H3,(H,25,26). The molecule has 27 heavy (non-hydrogen) atoms. The molecule has 5 heteroatoms. The van der Waals surface area contributed by atoms with Crippen LogP contribution in [0.25, 0.3) is 10.8 Å². The van der Waals surface area contributed by atoms with Gasteiger partial charge in [0.05, 0.1) is 12.7 Å². The van der Waals surface area contributed by atoms with Crippen LogP contribution in [0.1, 0.15) is 21.5 Å². The smallest absolute Gasteiger partial charge is 0.335 e. The summed E-state index contributed by atoms with van der Waals surface area (Å²) in [5.74, 6) is -0.130. The number of methoxy groups -OCH3 is 1. The molecule has 0 saturated heterocycles. The van der Waals surface area contributed by atoms with Gasteiger partial charge in [-0.1, -0.05) is 24.3 Å². The first-order valence-corrected chi connectivity index (χ1v) is 8.79. The normalized spacial score (nSPS) is 10.8. The average Bonchev–Trinajstić information content (AvgIpc) is 2.67. The van der Waals surface area contributed by atoms with Crippen molar-refractivity contribution in [3.8, 4) is 5.75 Å². The Morgan fingerprint density at radius 3 is 2.41 bits per heavy atom. The van der Waals surface area contributed by atoms with E-state index in [4.69, 9.17) is 4.74 Å². The SMILES string of the molecule is COc1ccc2cc(C(=O)O)ccc2c1CNCc1ccc(N(C)C)cc1. The minimum atomic E-state index is -0.923. The molecule has 0 spiro atoms. The van der Waals surface area contributed by atoms with E-state index in [1.54, 1.807) is 19.2 Å². The molecule has 0 heterocycles. The molecular weight excluding hydrogens is 340 g/mol. The third kappa shape index (κ3) is 4.20. The van der Waals surface area contributed by atoms with Gasteiger partial charge in [0.1, 0.15) is 5.75 Å². The van der Waals surface area contributed by atoms with Crippen LogP contribution >= 0.6 is 0 Å². The van der Waals surface area contributed by atoms with E-state index in [1.807, 2.05) is 32.3 Å². The number of fused-ring (bicyclic) bond motifs is 1. The predicted octanol–water partition coefficient (Wildman–Crippen LogP) is 3.90. The van der Waals surface area contributed by atoms with E-state index >= 15 is 0 Å².